The van der Waals surface area contributed by atoms with Crippen LogP contribution in [0.3, 0.4) is 0 Å². The monoisotopic (exact) mass is 226 g/mol. The first-order chi connectivity index (χ1) is 8.33. The molecule has 17 heavy (non-hydrogen) atoms. The highest BCUT2D eigenvalue weighted by Gasteiger charge is 2.16. The van der Waals surface area contributed by atoms with Crippen LogP contribution in [0.1, 0.15) is 15.9 Å². The standard InChI is InChI=1S/C13H10N2O2/c16-13(11-4-2-1-3-5-11)12(15-17)10-6-8-14-9-7-10/h1-9,17H/b15-12-. The molecule has 4 heteroatoms. The number of rotatable bonds is 3. The lowest BCUT2D eigenvalue weighted by Crippen LogP contribution is -2.15. The lowest BCUT2D eigenvalue weighted by Gasteiger charge is -2.03. The van der Waals surface area contributed by atoms with E-state index < -0.39 is 0 Å². The average molecular weight is 226 g/mol. The van der Waals surface area contributed by atoms with E-state index in [9.17, 15) is 4.79 Å². The SMILES string of the molecule is O=C(/C(=N\O)c1ccncc1)c1ccccc1. The fourth-order valence-electron chi connectivity index (χ4n) is 1.47. The van der Waals surface area contributed by atoms with Crippen LogP contribution < -0.4 is 0 Å². The number of carbonyl (C=O) groups is 1. The molecule has 84 valence electrons. The van der Waals surface area contributed by atoms with E-state index in [1.165, 1.54) is 0 Å². The summed E-state index contributed by atoms with van der Waals surface area (Å²) in [6.45, 7) is 0. The second kappa shape index (κ2) is 5.03. The van der Waals surface area contributed by atoms with Crippen LogP contribution in [0.5, 0.6) is 0 Å². The molecule has 1 heterocycles. The van der Waals surface area contributed by atoms with Gasteiger partial charge in [0.2, 0.25) is 5.78 Å². The minimum absolute atomic E-state index is 0.0126. The summed E-state index contributed by atoms with van der Waals surface area (Å²) in [6, 6.07) is 11.9. The van der Waals surface area contributed by atoms with Crippen molar-refractivity contribution in [3.05, 3.63) is 66.0 Å². The first-order valence-electron chi connectivity index (χ1n) is 5.05. The summed E-state index contributed by atoms with van der Waals surface area (Å²) in [5.74, 6) is -0.320. The number of carbonyl (C=O) groups excluding carboxylic acids is 1. The summed E-state index contributed by atoms with van der Waals surface area (Å²) in [5.41, 5.74) is 1.03. The molecule has 0 saturated heterocycles. The van der Waals surface area contributed by atoms with Gasteiger partial charge in [-0.2, -0.15) is 0 Å². The van der Waals surface area contributed by atoms with Gasteiger partial charge in [-0.25, -0.2) is 0 Å². The molecule has 0 radical (unpaired) electrons. The Morgan fingerprint density at radius 3 is 2.24 bits per heavy atom. The van der Waals surface area contributed by atoms with Gasteiger partial charge in [-0.1, -0.05) is 35.5 Å². The maximum Gasteiger partial charge on any atom is 0.215 e. The molecule has 1 N–H and O–H groups in total. The first-order valence-corrected chi connectivity index (χ1v) is 5.05. The van der Waals surface area contributed by atoms with E-state index in [-0.39, 0.29) is 11.5 Å². The quantitative estimate of drug-likeness (QED) is 0.377. The molecule has 0 unspecified atom stereocenters. The van der Waals surface area contributed by atoms with Gasteiger partial charge in [-0.05, 0) is 12.1 Å². The molecule has 4 nitrogen and oxygen atoms in total. The van der Waals surface area contributed by atoms with E-state index in [1.807, 2.05) is 6.07 Å². The smallest absolute Gasteiger partial charge is 0.215 e. The van der Waals surface area contributed by atoms with Crippen molar-refractivity contribution in [2.75, 3.05) is 0 Å². The molecule has 0 amide bonds. The van der Waals surface area contributed by atoms with Crippen molar-refractivity contribution in [3.8, 4) is 0 Å². The third-order valence-corrected chi connectivity index (χ3v) is 2.30. The number of benzene rings is 1. The van der Waals surface area contributed by atoms with E-state index >= 15 is 0 Å². The van der Waals surface area contributed by atoms with E-state index in [2.05, 4.69) is 10.1 Å². The highest BCUT2D eigenvalue weighted by Crippen LogP contribution is 2.07. The zero-order valence-corrected chi connectivity index (χ0v) is 8.95. The maximum atomic E-state index is 12.1. The predicted molar refractivity (Wildman–Crippen MR) is 63.3 cm³/mol. The van der Waals surface area contributed by atoms with Crippen molar-refractivity contribution in [3.63, 3.8) is 0 Å². The van der Waals surface area contributed by atoms with Crippen molar-refractivity contribution in [2.24, 2.45) is 5.16 Å². The van der Waals surface area contributed by atoms with Crippen molar-refractivity contribution in [2.45, 2.75) is 0 Å². The fourth-order valence-corrected chi connectivity index (χ4v) is 1.47. The Balaban J connectivity index is 2.37. The molecular formula is C13H10N2O2. The third-order valence-electron chi connectivity index (χ3n) is 2.30. The summed E-state index contributed by atoms with van der Waals surface area (Å²) in [4.78, 5) is 15.9. The average Bonchev–Trinajstić information content (AvgIpc) is 2.42. The van der Waals surface area contributed by atoms with Gasteiger partial charge < -0.3 is 5.21 Å². The summed E-state index contributed by atoms with van der Waals surface area (Å²) < 4.78 is 0. The third kappa shape index (κ3) is 2.36. The molecular weight excluding hydrogens is 216 g/mol. The van der Waals surface area contributed by atoms with Crippen molar-refractivity contribution in [1.29, 1.82) is 0 Å². The van der Waals surface area contributed by atoms with Gasteiger partial charge in [-0.3, -0.25) is 9.78 Å². The summed E-state index contributed by atoms with van der Waals surface area (Å²) in [6.07, 6.45) is 3.08. The van der Waals surface area contributed by atoms with Crippen LogP contribution in [-0.4, -0.2) is 21.7 Å². The molecule has 0 spiro atoms. The van der Waals surface area contributed by atoms with Crippen LogP contribution in [0, 0.1) is 0 Å². The van der Waals surface area contributed by atoms with Gasteiger partial charge >= 0.3 is 0 Å². The van der Waals surface area contributed by atoms with E-state index in [4.69, 9.17) is 5.21 Å². The van der Waals surface area contributed by atoms with Gasteiger partial charge in [-0.15, -0.1) is 0 Å². The molecule has 0 aliphatic rings. The van der Waals surface area contributed by atoms with Crippen LogP contribution in [0.2, 0.25) is 0 Å². The number of nitrogens with zero attached hydrogens (tertiary/aromatic N) is 2. The van der Waals surface area contributed by atoms with Gasteiger partial charge in [0.15, 0.2) is 5.71 Å². The van der Waals surface area contributed by atoms with Crippen LogP contribution >= 0.6 is 0 Å². The molecule has 1 aromatic heterocycles. The van der Waals surface area contributed by atoms with E-state index in [1.54, 1.807) is 48.8 Å². The molecule has 0 aliphatic heterocycles. The van der Waals surface area contributed by atoms with Gasteiger partial charge in [0.05, 0.1) is 0 Å². The molecule has 0 bridgehead atoms. The number of hydrogen-bond donors (Lipinski definition) is 1. The van der Waals surface area contributed by atoms with Crippen LogP contribution in [0.25, 0.3) is 0 Å². The Bertz CT molecular complexity index is 536. The van der Waals surface area contributed by atoms with Crippen molar-refractivity contribution < 1.29 is 10.0 Å². The predicted octanol–water partition coefficient (Wildman–Crippen LogP) is 2.14. The Labute approximate surface area is 98.2 Å². The summed E-state index contributed by atoms with van der Waals surface area (Å²) >= 11 is 0. The first kappa shape index (κ1) is 11.0. The lowest BCUT2D eigenvalue weighted by atomic mass is 10.0. The Morgan fingerprint density at radius 2 is 1.65 bits per heavy atom. The second-order valence-electron chi connectivity index (χ2n) is 3.38. The van der Waals surface area contributed by atoms with Crippen LogP contribution in [-0.2, 0) is 0 Å². The molecule has 1 aromatic carbocycles. The summed E-state index contributed by atoms with van der Waals surface area (Å²) in [5, 5.41) is 12.0. The second-order valence-corrected chi connectivity index (χ2v) is 3.38. The minimum atomic E-state index is -0.320. The summed E-state index contributed by atoms with van der Waals surface area (Å²) in [7, 11) is 0. The fraction of sp³-hybridized carbons (Fsp3) is 0. The maximum absolute atomic E-state index is 12.1. The molecule has 0 fully saturated rings. The van der Waals surface area contributed by atoms with Crippen molar-refractivity contribution in [1.82, 2.24) is 4.98 Å². The number of oxime groups is 1. The normalized spacial score (nSPS) is 11.2. The van der Waals surface area contributed by atoms with Gasteiger partial charge in [0.1, 0.15) is 0 Å². The van der Waals surface area contributed by atoms with E-state index in [0.717, 1.165) is 0 Å². The number of pyridine rings is 1. The zero-order valence-electron chi connectivity index (χ0n) is 8.95. The highest BCUT2D eigenvalue weighted by atomic mass is 16.4. The van der Waals surface area contributed by atoms with Crippen molar-refractivity contribution >= 4 is 11.5 Å². The Kier molecular flexibility index (Phi) is 3.25. The number of hydrogen-bond acceptors (Lipinski definition) is 4. The van der Waals surface area contributed by atoms with Crippen LogP contribution in [0.4, 0.5) is 0 Å². The minimum Gasteiger partial charge on any atom is -0.410 e. The largest absolute Gasteiger partial charge is 0.410 e. The molecule has 0 atom stereocenters. The number of Topliss-reactive ketones (excluding diaryl/α,β-unsaturated/α-hetero) is 1. The van der Waals surface area contributed by atoms with Gasteiger partial charge in [0.25, 0.3) is 0 Å². The molecule has 2 aromatic rings. The molecule has 2 rings (SSSR count). The molecule has 0 aliphatic carbocycles. The van der Waals surface area contributed by atoms with Crippen LogP contribution in [0.15, 0.2) is 60.0 Å². The number of ketones is 1. The topological polar surface area (TPSA) is 62.5 Å². The molecule has 0 saturated carbocycles. The zero-order chi connectivity index (χ0) is 12.1. The highest BCUT2D eigenvalue weighted by molar-refractivity contribution is 6.51. The number of aromatic nitrogens is 1. The lowest BCUT2D eigenvalue weighted by molar-refractivity contribution is 0.106. The Hall–Kier alpha value is -2.49. The van der Waals surface area contributed by atoms with E-state index in [0.29, 0.717) is 11.1 Å². The van der Waals surface area contributed by atoms with Gasteiger partial charge in [0, 0.05) is 23.5 Å². The Morgan fingerprint density at radius 1 is 1.00 bits per heavy atom.